The lowest BCUT2D eigenvalue weighted by molar-refractivity contribution is -0.168. The Morgan fingerprint density at radius 2 is 1.30 bits per heavy atom. The molecule has 1 fully saturated rings. The number of imidazole rings is 1. The number of rotatable bonds is 22. The minimum absolute atomic E-state index is 0.206. The summed E-state index contributed by atoms with van der Waals surface area (Å²) in [5.74, 6) is -0.590. The molecule has 2 aromatic heterocycles. The molecular weight excluding hydrogens is 550 g/mol. The minimum Gasteiger partial charge on any atom is -0.455 e. The van der Waals surface area contributed by atoms with E-state index in [0.29, 0.717) is 11.2 Å². The van der Waals surface area contributed by atoms with Gasteiger partial charge in [-0.05, 0) is 12.8 Å². The molecule has 3 rings (SSSR count). The van der Waals surface area contributed by atoms with Crippen molar-refractivity contribution < 1.29 is 28.9 Å². The molecule has 0 radical (unpaired) electrons. The fourth-order valence-corrected chi connectivity index (χ4v) is 5.63. The van der Waals surface area contributed by atoms with E-state index in [2.05, 4.69) is 28.8 Å². The van der Waals surface area contributed by atoms with Gasteiger partial charge in [0.25, 0.3) is 0 Å². The van der Waals surface area contributed by atoms with Crippen LogP contribution in [0.2, 0.25) is 0 Å². The van der Waals surface area contributed by atoms with Crippen molar-refractivity contribution in [2.24, 2.45) is 0 Å². The molecule has 0 aliphatic carbocycles. The zero-order valence-corrected chi connectivity index (χ0v) is 26.3. The SMILES string of the molecule is CCCCCCCCCCC(=O)O[C@@H]1[C@H](OC(=O)CCCCCCCCCC)[C@@H](CO)O[C@H]1n1cnc2c(N)ncnc21. The molecule has 242 valence electrons. The Labute approximate surface area is 256 Å². The van der Waals surface area contributed by atoms with E-state index in [9.17, 15) is 14.7 Å². The van der Waals surface area contributed by atoms with Gasteiger partial charge >= 0.3 is 11.9 Å². The van der Waals surface area contributed by atoms with Crippen LogP contribution in [0.15, 0.2) is 12.7 Å². The smallest absolute Gasteiger partial charge is 0.306 e. The van der Waals surface area contributed by atoms with Crippen LogP contribution < -0.4 is 5.73 Å². The molecule has 1 aliphatic rings. The van der Waals surface area contributed by atoms with Crippen LogP contribution in [0.25, 0.3) is 11.2 Å². The molecule has 0 saturated carbocycles. The maximum Gasteiger partial charge on any atom is 0.306 e. The first-order valence-corrected chi connectivity index (χ1v) is 16.6. The van der Waals surface area contributed by atoms with Crippen LogP contribution >= 0.6 is 0 Å². The fourth-order valence-electron chi connectivity index (χ4n) is 5.63. The number of nitrogen functional groups attached to an aromatic ring is 1. The highest BCUT2D eigenvalue weighted by Crippen LogP contribution is 2.36. The largest absolute Gasteiger partial charge is 0.455 e. The first kappa shape index (κ1) is 34.7. The molecule has 1 saturated heterocycles. The molecule has 0 bridgehead atoms. The summed E-state index contributed by atoms with van der Waals surface area (Å²) in [5.41, 5.74) is 6.75. The van der Waals surface area contributed by atoms with Gasteiger partial charge in [0.05, 0.1) is 12.9 Å². The van der Waals surface area contributed by atoms with Crippen LogP contribution in [0.1, 0.15) is 136 Å². The molecule has 3 heterocycles. The minimum atomic E-state index is -0.991. The van der Waals surface area contributed by atoms with E-state index in [-0.39, 0.29) is 18.7 Å². The maximum atomic E-state index is 13.0. The van der Waals surface area contributed by atoms with Crippen LogP contribution in [-0.2, 0) is 23.8 Å². The van der Waals surface area contributed by atoms with Crippen molar-refractivity contribution in [3.05, 3.63) is 12.7 Å². The predicted molar refractivity (Wildman–Crippen MR) is 165 cm³/mol. The maximum absolute atomic E-state index is 13.0. The molecule has 11 nitrogen and oxygen atoms in total. The van der Waals surface area contributed by atoms with Gasteiger partial charge in [-0.1, -0.05) is 104 Å². The van der Waals surface area contributed by atoms with Gasteiger partial charge in [0.2, 0.25) is 0 Å². The Bertz CT molecular complexity index is 1100. The van der Waals surface area contributed by atoms with Gasteiger partial charge in [0.15, 0.2) is 29.9 Å². The van der Waals surface area contributed by atoms with E-state index in [1.807, 2.05) is 0 Å². The van der Waals surface area contributed by atoms with Crippen LogP contribution in [0.4, 0.5) is 5.82 Å². The number of carbonyl (C=O) groups excluding carboxylic acids is 2. The second kappa shape index (κ2) is 19.5. The van der Waals surface area contributed by atoms with Crippen molar-refractivity contribution in [2.75, 3.05) is 12.3 Å². The fraction of sp³-hybridized carbons (Fsp3) is 0.781. The van der Waals surface area contributed by atoms with E-state index in [0.717, 1.165) is 38.5 Å². The molecule has 0 amide bonds. The Kier molecular flexibility index (Phi) is 15.7. The number of hydrogen-bond acceptors (Lipinski definition) is 10. The number of aromatic nitrogens is 4. The summed E-state index contributed by atoms with van der Waals surface area (Å²) in [6, 6.07) is 0. The first-order valence-electron chi connectivity index (χ1n) is 16.6. The quantitative estimate of drug-likeness (QED) is 0.118. The lowest BCUT2D eigenvalue weighted by atomic mass is 10.1. The number of unbranched alkanes of at least 4 members (excludes halogenated alkanes) is 14. The Balaban J connectivity index is 1.62. The van der Waals surface area contributed by atoms with Crippen molar-refractivity contribution in [3.63, 3.8) is 0 Å². The van der Waals surface area contributed by atoms with Gasteiger partial charge in [-0.3, -0.25) is 14.2 Å². The molecule has 11 heteroatoms. The Hall–Kier alpha value is -2.79. The molecule has 2 aromatic rings. The number of nitrogens with zero attached hydrogens (tertiary/aromatic N) is 4. The number of nitrogens with two attached hydrogens (primary N) is 1. The molecular formula is C32H53N5O6. The summed E-state index contributed by atoms with van der Waals surface area (Å²) in [6.45, 7) is 3.99. The number of anilines is 1. The molecule has 0 unspecified atom stereocenters. The monoisotopic (exact) mass is 603 g/mol. The summed E-state index contributed by atoms with van der Waals surface area (Å²) >= 11 is 0. The van der Waals surface area contributed by atoms with Gasteiger partial charge in [-0.15, -0.1) is 0 Å². The van der Waals surface area contributed by atoms with Gasteiger partial charge < -0.3 is 25.1 Å². The lowest BCUT2D eigenvalue weighted by Crippen LogP contribution is -2.40. The molecule has 1 aliphatic heterocycles. The van der Waals surface area contributed by atoms with Crippen molar-refractivity contribution in [1.29, 1.82) is 0 Å². The highest BCUT2D eigenvalue weighted by atomic mass is 16.6. The summed E-state index contributed by atoms with van der Waals surface area (Å²) in [4.78, 5) is 38.5. The standard InChI is InChI=1S/C32H53N5O6/c1-3-5-7-9-11-13-15-17-19-25(39)42-28-24(21-38)41-32(37-23-36-27-30(33)34-22-35-31(27)37)29(28)43-26(40)20-18-16-14-12-10-8-6-4-2/h22-24,28-29,32,38H,3-21H2,1-2H3,(H2,33,34,35)/t24-,28-,29-,32-/m1/s1. The third-order valence-corrected chi connectivity index (χ3v) is 8.13. The highest BCUT2D eigenvalue weighted by molar-refractivity contribution is 5.81. The molecule has 0 aromatic carbocycles. The van der Waals surface area contributed by atoms with Gasteiger partial charge in [-0.2, -0.15) is 0 Å². The number of aliphatic hydroxyl groups excluding tert-OH is 1. The third kappa shape index (κ3) is 11.0. The lowest BCUT2D eigenvalue weighted by Gasteiger charge is -2.24. The van der Waals surface area contributed by atoms with Crippen molar-refractivity contribution in [2.45, 2.75) is 154 Å². The second-order valence-corrected chi connectivity index (χ2v) is 11.7. The topological polar surface area (TPSA) is 152 Å². The number of esters is 2. The number of hydrogen-bond donors (Lipinski definition) is 2. The normalized spacial score (nSPS) is 20.1. The average Bonchev–Trinajstić information content (AvgIpc) is 3.57. The molecule has 43 heavy (non-hydrogen) atoms. The van der Waals surface area contributed by atoms with E-state index in [4.69, 9.17) is 19.9 Å². The Morgan fingerprint density at radius 3 is 1.84 bits per heavy atom. The van der Waals surface area contributed by atoms with Crippen molar-refractivity contribution >= 4 is 28.9 Å². The summed E-state index contributed by atoms with van der Waals surface area (Å²) < 4.78 is 19.5. The molecule has 3 N–H and O–H groups in total. The second-order valence-electron chi connectivity index (χ2n) is 11.7. The summed E-state index contributed by atoms with van der Waals surface area (Å²) in [5, 5.41) is 10.2. The van der Waals surface area contributed by atoms with Crippen molar-refractivity contribution in [3.8, 4) is 0 Å². The van der Waals surface area contributed by atoms with Gasteiger partial charge in [0.1, 0.15) is 17.9 Å². The summed E-state index contributed by atoms with van der Waals surface area (Å²) in [7, 11) is 0. The zero-order chi connectivity index (χ0) is 30.9. The van der Waals surface area contributed by atoms with E-state index < -0.39 is 43.1 Å². The Morgan fingerprint density at radius 1 is 0.791 bits per heavy atom. The first-order chi connectivity index (χ1) is 21.0. The average molecular weight is 604 g/mol. The van der Waals surface area contributed by atoms with E-state index in [1.54, 1.807) is 4.57 Å². The predicted octanol–water partition coefficient (Wildman–Crippen LogP) is 6.18. The zero-order valence-electron chi connectivity index (χ0n) is 26.3. The van der Waals surface area contributed by atoms with E-state index >= 15 is 0 Å². The third-order valence-electron chi connectivity index (χ3n) is 8.13. The van der Waals surface area contributed by atoms with Crippen LogP contribution in [-0.4, -0.2) is 61.5 Å². The number of fused-ring (bicyclic) bond motifs is 1. The van der Waals surface area contributed by atoms with Crippen LogP contribution in [0, 0.1) is 0 Å². The highest BCUT2D eigenvalue weighted by Gasteiger charge is 2.50. The van der Waals surface area contributed by atoms with Gasteiger partial charge in [-0.25, -0.2) is 15.0 Å². The van der Waals surface area contributed by atoms with Crippen LogP contribution in [0.3, 0.4) is 0 Å². The molecule has 0 spiro atoms. The van der Waals surface area contributed by atoms with Crippen LogP contribution in [0.5, 0.6) is 0 Å². The number of carbonyl (C=O) groups is 2. The van der Waals surface area contributed by atoms with Gasteiger partial charge in [0, 0.05) is 12.8 Å². The van der Waals surface area contributed by atoms with Crippen molar-refractivity contribution in [1.82, 2.24) is 19.5 Å². The number of aliphatic hydroxyl groups is 1. The molecule has 4 atom stereocenters. The number of ether oxygens (including phenoxy) is 3. The van der Waals surface area contributed by atoms with E-state index in [1.165, 1.54) is 76.9 Å². The summed E-state index contributed by atoms with van der Waals surface area (Å²) in [6.07, 6.45) is 17.3.